The van der Waals surface area contributed by atoms with E-state index in [0.717, 1.165) is 68.5 Å². The summed E-state index contributed by atoms with van der Waals surface area (Å²) in [7, 11) is 0. The summed E-state index contributed by atoms with van der Waals surface area (Å²) in [6, 6.07) is 11.4. The Balaban J connectivity index is 1.62. The molecule has 0 saturated heterocycles. The number of nitrogens with one attached hydrogen (secondary N) is 1. The number of hydrogen-bond donors (Lipinski definition) is 1. The number of amides is 1. The number of nitrogens with zero attached hydrogens (tertiary/aromatic N) is 2. The maximum atomic E-state index is 14.2. The fraction of sp³-hybridized carbons (Fsp3) is 0.481. The Morgan fingerprint density at radius 3 is 2.33 bits per heavy atom. The molecule has 0 aliphatic heterocycles. The van der Waals surface area contributed by atoms with Gasteiger partial charge in [-0.05, 0) is 61.9 Å². The van der Waals surface area contributed by atoms with E-state index < -0.39 is 17.7 Å². The number of rotatable bonds is 5. The molecule has 3 aromatic rings. The Hall–Kier alpha value is -2.76. The van der Waals surface area contributed by atoms with E-state index in [4.69, 9.17) is 4.98 Å². The molecule has 1 heterocycles. The summed E-state index contributed by atoms with van der Waals surface area (Å²) in [6.07, 6.45) is 10.9. The van der Waals surface area contributed by atoms with Gasteiger partial charge >= 0.3 is 0 Å². The van der Waals surface area contributed by atoms with Gasteiger partial charge in [0.15, 0.2) is 11.6 Å². The number of para-hydroxylation sites is 2. The molecule has 5 rings (SSSR count). The summed E-state index contributed by atoms with van der Waals surface area (Å²) in [5.74, 6) is -1.07. The van der Waals surface area contributed by atoms with E-state index in [1.54, 1.807) is 6.07 Å². The summed E-state index contributed by atoms with van der Waals surface area (Å²) >= 11 is 0. The van der Waals surface area contributed by atoms with Crippen LogP contribution in [0.5, 0.6) is 0 Å². The van der Waals surface area contributed by atoms with E-state index in [2.05, 4.69) is 5.32 Å². The Kier molecular flexibility index (Phi) is 6.43. The fourth-order valence-corrected chi connectivity index (χ4v) is 5.69. The number of halogens is 2. The van der Waals surface area contributed by atoms with Crippen LogP contribution in [0.4, 0.5) is 8.78 Å². The first kappa shape index (κ1) is 22.1. The van der Waals surface area contributed by atoms with Crippen LogP contribution >= 0.6 is 0 Å². The average Bonchev–Trinajstić information content (AvgIpc) is 3.22. The van der Waals surface area contributed by atoms with Gasteiger partial charge in [-0.3, -0.25) is 4.79 Å². The zero-order valence-corrected chi connectivity index (χ0v) is 18.9. The summed E-state index contributed by atoms with van der Waals surface area (Å²) in [4.78, 5) is 18.7. The van der Waals surface area contributed by atoms with Gasteiger partial charge in [0, 0.05) is 11.6 Å². The number of benzene rings is 2. The molecule has 1 amide bonds. The van der Waals surface area contributed by atoms with Gasteiger partial charge in [-0.25, -0.2) is 13.8 Å². The van der Waals surface area contributed by atoms with Crippen molar-refractivity contribution in [2.75, 3.05) is 0 Å². The lowest BCUT2D eigenvalue weighted by Crippen LogP contribution is -2.43. The second-order valence-corrected chi connectivity index (χ2v) is 9.61. The number of imidazole rings is 1. The maximum Gasteiger partial charge on any atom is 0.243 e. The predicted octanol–water partition coefficient (Wildman–Crippen LogP) is 6.55. The highest BCUT2D eigenvalue weighted by Crippen LogP contribution is 2.38. The topological polar surface area (TPSA) is 46.9 Å². The molecular formula is C27H31F2N3O. The molecule has 2 aliphatic carbocycles. The number of aromatic nitrogens is 2. The Labute approximate surface area is 193 Å². The van der Waals surface area contributed by atoms with Crippen LogP contribution in [0.1, 0.15) is 70.3 Å². The molecule has 2 aromatic carbocycles. The average molecular weight is 452 g/mol. The number of hydrogen-bond acceptors (Lipinski definition) is 2. The van der Waals surface area contributed by atoms with Gasteiger partial charge in [-0.2, -0.15) is 0 Å². The molecule has 0 bridgehead atoms. The van der Waals surface area contributed by atoms with Crippen molar-refractivity contribution >= 4 is 16.9 Å². The molecule has 0 spiro atoms. The van der Waals surface area contributed by atoms with Crippen LogP contribution < -0.4 is 5.32 Å². The van der Waals surface area contributed by atoms with Crippen molar-refractivity contribution < 1.29 is 13.6 Å². The van der Waals surface area contributed by atoms with Gasteiger partial charge < -0.3 is 9.88 Å². The van der Waals surface area contributed by atoms with Crippen LogP contribution in [-0.2, 0) is 4.79 Å². The first-order valence-corrected chi connectivity index (χ1v) is 12.3. The van der Waals surface area contributed by atoms with Crippen molar-refractivity contribution in [1.82, 2.24) is 14.9 Å². The molecule has 6 heteroatoms. The minimum Gasteiger partial charge on any atom is -0.352 e. The third-order valence-corrected chi connectivity index (χ3v) is 7.37. The minimum atomic E-state index is -0.910. The lowest BCUT2D eigenvalue weighted by molar-refractivity contribution is -0.127. The van der Waals surface area contributed by atoms with Crippen LogP contribution in [-0.4, -0.2) is 21.5 Å². The van der Waals surface area contributed by atoms with Gasteiger partial charge in [0.05, 0.1) is 11.0 Å². The van der Waals surface area contributed by atoms with Crippen LogP contribution in [0.2, 0.25) is 0 Å². The molecule has 0 radical (unpaired) electrons. The molecule has 174 valence electrons. The highest BCUT2D eigenvalue weighted by molar-refractivity contribution is 5.87. The van der Waals surface area contributed by atoms with Gasteiger partial charge in [0.25, 0.3) is 0 Å². The maximum absolute atomic E-state index is 14.2. The molecule has 33 heavy (non-hydrogen) atoms. The predicted molar refractivity (Wildman–Crippen MR) is 126 cm³/mol. The molecule has 4 nitrogen and oxygen atoms in total. The van der Waals surface area contributed by atoms with E-state index >= 15 is 0 Å². The van der Waals surface area contributed by atoms with E-state index in [9.17, 15) is 13.6 Å². The second-order valence-electron chi connectivity index (χ2n) is 9.61. The van der Waals surface area contributed by atoms with Crippen molar-refractivity contribution in [2.45, 2.75) is 76.3 Å². The van der Waals surface area contributed by atoms with E-state index in [-0.39, 0.29) is 17.9 Å². The third kappa shape index (κ3) is 4.53. The van der Waals surface area contributed by atoms with Crippen LogP contribution in [0.15, 0.2) is 42.5 Å². The third-order valence-electron chi connectivity index (χ3n) is 7.37. The molecule has 2 fully saturated rings. The summed E-state index contributed by atoms with van der Waals surface area (Å²) in [5, 5.41) is 3.35. The highest BCUT2D eigenvalue weighted by Gasteiger charge is 2.35. The Bertz CT molecular complexity index is 1130. The molecular weight excluding hydrogens is 420 g/mol. The number of fused-ring (bicyclic) bond motifs is 1. The normalized spacial score (nSPS) is 19.0. The van der Waals surface area contributed by atoms with Gasteiger partial charge in [-0.15, -0.1) is 0 Å². The molecule has 2 saturated carbocycles. The lowest BCUT2D eigenvalue weighted by Gasteiger charge is -2.33. The summed E-state index contributed by atoms with van der Waals surface area (Å²) in [5.41, 5.74) is 2.09. The first-order chi connectivity index (χ1) is 16.1. The van der Waals surface area contributed by atoms with E-state index in [0.29, 0.717) is 11.4 Å². The zero-order chi connectivity index (χ0) is 22.8. The van der Waals surface area contributed by atoms with Crippen molar-refractivity contribution in [3.63, 3.8) is 0 Å². The zero-order valence-electron chi connectivity index (χ0n) is 18.9. The van der Waals surface area contributed by atoms with Crippen LogP contribution in [0.3, 0.4) is 0 Å². The molecule has 1 N–H and O–H groups in total. The van der Waals surface area contributed by atoms with Gasteiger partial charge in [-0.1, -0.05) is 50.7 Å². The van der Waals surface area contributed by atoms with Crippen LogP contribution in [0.25, 0.3) is 22.4 Å². The highest BCUT2D eigenvalue weighted by atomic mass is 19.2. The van der Waals surface area contributed by atoms with E-state index in [1.807, 2.05) is 28.8 Å². The standard InChI is InChI=1S/C27H31F2N3O/c28-21-16-15-19(17-22(21)29)26-31-23-13-7-8-14-24(23)32(26)25(18-9-3-1-4-10-18)27(33)30-20-11-5-2-6-12-20/h7-8,13-18,20,25H,1-6,9-12H2,(H,30,33). The minimum absolute atomic E-state index is 0.0285. The number of carbonyl (C=O) groups excluding carboxylic acids is 1. The lowest BCUT2D eigenvalue weighted by atomic mass is 9.82. The van der Waals surface area contributed by atoms with Crippen LogP contribution in [0, 0.1) is 17.6 Å². The SMILES string of the molecule is O=C(NC1CCCCC1)C(C1CCCCC1)n1c(-c2ccc(F)c(F)c2)nc2ccccc21. The monoisotopic (exact) mass is 451 g/mol. The first-order valence-electron chi connectivity index (χ1n) is 12.3. The van der Waals surface area contributed by atoms with Gasteiger partial charge in [0.1, 0.15) is 11.9 Å². The number of carbonyl (C=O) groups is 1. The Morgan fingerprint density at radius 1 is 0.909 bits per heavy atom. The van der Waals surface area contributed by atoms with E-state index in [1.165, 1.54) is 18.9 Å². The van der Waals surface area contributed by atoms with Crippen molar-refractivity contribution in [3.05, 3.63) is 54.1 Å². The molecule has 1 aromatic heterocycles. The largest absolute Gasteiger partial charge is 0.352 e. The van der Waals surface area contributed by atoms with Gasteiger partial charge in [0.2, 0.25) is 5.91 Å². The van der Waals surface area contributed by atoms with Crippen molar-refractivity contribution in [2.24, 2.45) is 5.92 Å². The van der Waals surface area contributed by atoms with Crippen molar-refractivity contribution in [1.29, 1.82) is 0 Å². The molecule has 1 unspecified atom stereocenters. The second kappa shape index (κ2) is 9.62. The summed E-state index contributed by atoms with van der Waals surface area (Å²) < 4.78 is 29.9. The molecule has 1 atom stereocenters. The van der Waals surface area contributed by atoms with Crippen molar-refractivity contribution in [3.8, 4) is 11.4 Å². The molecule has 2 aliphatic rings. The smallest absolute Gasteiger partial charge is 0.243 e. The fourth-order valence-electron chi connectivity index (χ4n) is 5.69. The quantitative estimate of drug-likeness (QED) is 0.478. The summed E-state index contributed by atoms with van der Waals surface area (Å²) in [6.45, 7) is 0. The Morgan fingerprint density at radius 2 is 1.61 bits per heavy atom.